The molecule has 0 N–H and O–H groups in total. The lowest BCUT2D eigenvalue weighted by atomic mass is 9.98. The monoisotopic (exact) mass is 252 g/mol. The molecule has 18 heavy (non-hydrogen) atoms. The van der Waals surface area contributed by atoms with Crippen molar-refractivity contribution in [1.82, 2.24) is 4.90 Å². The number of halogens is 2. The van der Waals surface area contributed by atoms with Gasteiger partial charge in [-0.25, -0.2) is 8.78 Å². The maximum absolute atomic E-state index is 13.4. The molecule has 3 heteroatoms. The van der Waals surface area contributed by atoms with Crippen molar-refractivity contribution >= 4 is 0 Å². The average molecular weight is 252 g/mol. The molecule has 0 saturated carbocycles. The van der Waals surface area contributed by atoms with E-state index in [4.69, 9.17) is 0 Å². The molecule has 0 amide bonds. The van der Waals surface area contributed by atoms with Crippen molar-refractivity contribution in [3.05, 3.63) is 42.6 Å². The van der Waals surface area contributed by atoms with Gasteiger partial charge in [0.25, 0.3) is 0 Å². The highest BCUT2D eigenvalue weighted by Crippen LogP contribution is 2.21. The Kier molecular flexibility index (Phi) is 4.70. The fraction of sp³-hybridized carbons (Fsp3) is 0.533. The quantitative estimate of drug-likeness (QED) is 0.794. The van der Waals surface area contributed by atoms with Crippen LogP contribution in [-0.2, 0) is 6.42 Å². The third-order valence-corrected chi connectivity index (χ3v) is 3.68. The van der Waals surface area contributed by atoms with E-state index >= 15 is 0 Å². The fourth-order valence-corrected chi connectivity index (χ4v) is 2.63. The number of piperidine rings is 1. The number of hydrogen-bond acceptors (Lipinski definition) is 1. The predicted octanol–water partition coefficient (Wildman–Crippen LogP) is 3.39. The van der Waals surface area contributed by atoms with Crippen molar-refractivity contribution in [2.45, 2.75) is 37.9 Å². The second kappa shape index (κ2) is 6.28. The average Bonchev–Trinajstić information content (AvgIpc) is 2.38. The summed E-state index contributed by atoms with van der Waals surface area (Å²) in [6, 6.07) is 6.50. The van der Waals surface area contributed by atoms with E-state index < -0.39 is 6.17 Å². The maximum atomic E-state index is 13.4. The van der Waals surface area contributed by atoms with Crippen molar-refractivity contribution in [1.29, 1.82) is 0 Å². The van der Waals surface area contributed by atoms with Crippen molar-refractivity contribution in [3.63, 3.8) is 0 Å². The molecule has 1 saturated heterocycles. The molecule has 1 aliphatic heterocycles. The predicted molar refractivity (Wildman–Crippen MR) is 69.6 cm³/mol. The first-order valence-electron chi connectivity index (χ1n) is 6.62. The molecule has 2 atom stereocenters. The van der Waals surface area contributed by atoms with Gasteiger partial charge in [-0.2, -0.15) is 0 Å². The molecule has 1 aromatic rings. The molecule has 2 unspecified atom stereocenters. The van der Waals surface area contributed by atoms with Gasteiger partial charge in [-0.15, -0.1) is 0 Å². The van der Waals surface area contributed by atoms with Crippen molar-refractivity contribution in [2.24, 2.45) is 0 Å². The van der Waals surface area contributed by atoms with E-state index in [1.165, 1.54) is 12.1 Å². The van der Waals surface area contributed by atoms with Gasteiger partial charge in [0.2, 0.25) is 0 Å². The van der Waals surface area contributed by atoms with Crippen molar-refractivity contribution in [2.75, 3.05) is 13.1 Å². The Hall–Kier alpha value is -0.960. The van der Waals surface area contributed by atoms with Gasteiger partial charge in [-0.3, -0.25) is 4.90 Å². The summed E-state index contributed by atoms with van der Waals surface area (Å²) in [7, 11) is 0. The Morgan fingerprint density at radius 3 is 2.67 bits per heavy atom. The number of nitrogens with zero attached hydrogens (tertiary/aromatic N) is 1. The van der Waals surface area contributed by atoms with E-state index in [2.05, 4.69) is 11.8 Å². The zero-order chi connectivity index (χ0) is 13.0. The summed E-state index contributed by atoms with van der Waals surface area (Å²) in [4.78, 5) is 2.19. The summed E-state index contributed by atoms with van der Waals surface area (Å²) < 4.78 is 26.2. The van der Waals surface area contributed by atoms with Crippen LogP contribution in [-0.4, -0.2) is 30.2 Å². The summed E-state index contributed by atoms with van der Waals surface area (Å²) in [6.07, 6.45) is 2.94. The van der Waals surface area contributed by atoms with Crippen LogP contribution in [0.25, 0.3) is 0 Å². The maximum Gasteiger partial charge on any atom is 0.123 e. The molecule has 0 aromatic heterocycles. The molecule has 2 rings (SSSR count). The minimum Gasteiger partial charge on any atom is -0.297 e. The lowest BCUT2D eigenvalue weighted by Gasteiger charge is -2.36. The SMILES string of the molecule is [CH2]C(F)C1CCCCN1CCc1ccc(F)cc1. The molecule has 99 valence electrons. The molecular weight excluding hydrogens is 232 g/mol. The molecule has 1 radical (unpaired) electrons. The van der Waals surface area contributed by atoms with Gasteiger partial charge in [0.1, 0.15) is 12.0 Å². The van der Waals surface area contributed by atoms with Gasteiger partial charge < -0.3 is 0 Å². The first-order valence-corrected chi connectivity index (χ1v) is 6.62. The standard InChI is InChI=1S/C15H20F2N/c1-12(16)15-4-2-3-10-18(15)11-9-13-5-7-14(17)8-6-13/h5-8,12,15H,1-4,9-11H2. The molecular formula is C15H20F2N. The molecule has 1 aliphatic rings. The number of alkyl halides is 1. The van der Waals surface area contributed by atoms with Crippen LogP contribution in [0, 0.1) is 12.7 Å². The largest absolute Gasteiger partial charge is 0.297 e. The van der Waals surface area contributed by atoms with Crippen LogP contribution in [0.2, 0.25) is 0 Å². The molecule has 1 heterocycles. The molecule has 0 spiro atoms. The molecule has 1 nitrogen and oxygen atoms in total. The minimum absolute atomic E-state index is 0.0424. The Labute approximate surface area is 108 Å². The van der Waals surface area contributed by atoms with Crippen LogP contribution in [0.15, 0.2) is 24.3 Å². The van der Waals surface area contributed by atoms with Gasteiger partial charge in [0.15, 0.2) is 0 Å². The van der Waals surface area contributed by atoms with E-state index in [-0.39, 0.29) is 11.9 Å². The van der Waals surface area contributed by atoms with Crippen molar-refractivity contribution in [3.8, 4) is 0 Å². The van der Waals surface area contributed by atoms with E-state index in [1.54, 1.807) is 12.1 Å². The first-order chi connectivity index (χ1) is 8.66. The molecule has 1 fully saturated rings. The molecule has 1 aromatic carbocycles. The van der Waals surface area contributed by atoms with Gasteiger partial charge >= 0.3 is 0 Å². The third-order valence-electron chi connectivity index (χ3n) is 3.68. The smallest absolute Gasteiger partial charge is 0.123 e. The van der Waals surface area contributed by atoms with Gasteiger partial charge in [-0.1, -0.05) is 18.6 Å². The van der Waals surface area contributed by atoms with Gasteiger partial charge in [0, 0.05) is 12.6 Å². The number of likely N-dealkylation sites (tertiary alicyclic amines) is 1. The number of rotatable bonds is 4. The highest BCUT2D eigenvalue weighted by Gasteiger charge is 2.26. The zero-order valence-corrected chi connectivity index (χ0v) is 10.6. The lowest BCUT2D eigenvalue weighted by molar-refractivity contribution is 0.0959. The van der Waals surface area contributed by atoms with Crippen LogP contribution in [0.4, 0.5) is 8.78 Å². The van der Waals surface area contributed by atoms with Crippen molar-refractivity contribution < 1.29 is 8.78 Å². The van der Waals surface area contributed by atoms with E-state index in [9.17, 15) is 8.78 Å². The second-order valence-corrected chi connectivity index (χ2v) is 4.99. The van der Waals surface area contributed by atoms with Crippen LogP contribution < -0.4 is 0 Å². The second-order valence-electron chi connectivity index (χ2n) is 4.99. The summed E-state index contributed by atoms with van der Waals surface area (Å²) in [5.41, 5.74) is 1.10. The van der Waals surface area contributed by atoms with Crippen LogP contribution in [0.3, 0.4) is 0 Å². The molecule has 0 aliphatic carbocycles. The number of hydrogen-bond donors (Lipinski definition) is 0. The minimum atomic E-state index is -1.02. The Morgan fingerprint density at radius 2 is 2.00 bits per heavy atom. The van der Waals surface area contributed by atoms with Gasteiger partial charge in [-0.05, 0) is 50.4 Å². The summed E-state index contributed by atoms with van der Waals surface area (Å²) >= 11 is 0. The third kappa shape index (κ3) is 3.52. The highest BCUT2D eigenvalue weighted by molar-refractivity contribution is 5.16. The number of benzene rings is 1. The van der Waals surface area contributed by atoms with Crippen LogP contribution in [0.1, 0.15) is 24.8 Å². The Balaban J connectivity index is 1.89. The fourth-order valence-electron chi connectivity index (χ4n) is 2.63. The Bertz CT molecular complexity index is 361. The summed E-state index contributed by atoms with van der Waals surface area (Å²) in [6.45, 7) is 5.29. The van der Waals surface area contributed by atoms with Crippen LogP contribution in [0.5, 0.6) is 0 Å². The normalized spacial score (nSPS) is 22.9. The van der Waals surface area contributed by atoms with Crippen LogP contribution >= 0.6 is 0 Å². The van der Waals surface area contributed by atoms with E-state index in [0.29, 0.717) is 0 Å². The lowest BCUT2D eigenvalue weighted by Crippen LogP contribution is -2.45. The summed E-state index contributed by atoms with van der Waals surface area (Å²) in [5, 5.41) is 0. The van der Waals surface area contributed by atoms with Gasteiger partial charge in [0.05, 0.1) is 0 Å². The Morgan fingerprint density at radius 1 is 1.28 bits per heavy atom. The topological polar surface area (TPSA) is 3.24 Å². The van der Waals surface area contributed by atoms with E-state index in [1.807, 2.05) is 0 Å². The zero-order valence-electron chi connectivity index (χ0n) is 10.6. The van der Waals surface area contributed by atoms with E-state index in [0.717, 1.165) is 44.3 Å². The summed E-state index contributed by atoms with van der Waals surface area (Å²) in [5.74, 6) is -0.212. The first kappa shape index (κ1) is 13.5. The highest BCUT2D eigenvalue weighted by atomic mass is 19.1. The molecule has 0 bridgehead atoms.